The zero-order chi connectivity index (χ0) is 21.3. The van der Waals surface area contributed by atoms with Crippen LogP contribution in [0.3, 0.4) is 0 Å². The van der Waals surface area contributed by atoms with Gasteiger partial charge >= 0.3 is 0 Å². The van der Waals surface area contributed by atoms with Gasteiger partial charge in [0.15, 0.2) is 0 Å². The number of nitrogens with zero attached hydrogens (tertiary/aromatic N) is 1. The summed E-state index contributed by atoms with van der Waals surface area (Å²) in [5, 5.41) is 3.26. The van der Waals surface area contributed by atoms with Gasteiger partial charge in [0.05, 0.1) is 17.8 Å². The Morgan fingerprint density at radius 1 is 0.967 bits per heavy atom. The number of carbonyl (C=O) groups is 2. The molecule has 150 valence electrons. The number of fused-ring (bicyclic) bond motifs is 1. The number of aromatic nitrogens is 1. The second-order valence-corrected chi connectivity index (χ2v) is 7.38. The van der Waals surface area contributed by atoms with Crippen molar-refractivity contribution in [2.24, 2.45) is 0 Å². The predicted molar refractivity (Wildman–Crippen MR) is 119 cm³/mol. The molecule has 5 nitrogen and oxygen atoms in total. The van der Waals surface area contributed by atoms with Gasteiger partial charge in [-0.1, -0.05) is 41.4 Å². The van der Waals surface area contributed by atoms with Gasteiger partial charge < -0.3 is 14.5 Å². The van der Waals surface area contributed by atoms with Crippen molar-refractivity contribution in [2.45, 2.75) is 0 Å². The molecule has 0 spiro atoms. The summed E-state index contributed by atoms with van der Waals surface area (Å²) in [4.78, 5) is 26.0. The van der Waals surface area contributed by atoms with E-state index in [-0.39, 0.29) is 10.7 Å². The Bertz CT molecular complexity index is 1260. The number of nitrogens with one attached hydrogen (secondary N) is 1. The van der Waals surface area contributed by atoms with Crippen LogP contribution < -0.4 is 10.1 Å². The number of anilines is 1. The fraction of sp³-hybridized carbons (Fsp3) is 0.0435. The summed E-state index contributed by atoms with van der Waals surface area (Å²) in [5.74, 6) is -0.776. The molecule has 2 heterocycles. The molecule has 30 heavy (non-hydrogen) atoms. The first kappa shape index (κ1) is 20.0. The summed E-state index contributed by atoms with van der Waals surface area (Å²) in [7, 11) is 1.59. The van der Waals surface area contributed by atoms with E-state index in [4.69, 9.17) is 27.9 Å². The summed E-state index contributed by atoms with van der Waals surface area (Å²) in [5.41, 5.74) is 2.81. The van der Waals surface area contributed by atoms with Crippen LogP contribution in [-0.4, -0.2) is 23.2 Å². The highest BCUT2D eigenvalue weighted by atomic mass is 35.5. The smallest absolute Gasteiger partial charge is 0.298 e. The van der Waals surface area contributed by atoms with Crippen molar-refractivity contribution in [1.29, 1.82) is 0 Å². The van der Waals surface area contributed by atoms with Crippen LogP contribution in [0.15, 0.2) is 72.9 Å². The molecule has 0 radical (unpaired) electrons. The van der Waals surface area contributed by atoms with E-state index in [0.29, 0.717) is 22.0 Å². The SMILES string of the molecule is COc1ccc(-c2cc3ccccn3c2C(=O)C(=O)Nc2ccc(Cl)cc2Cl)cc1. The van der Waals surface area contributed by atoms with E-state index in [2.05, 4.69) is 5.32 Å². The normalized spacial score (nSPS) is 10.8. The van der Waals surface area contributed by atoms with Gasteiger partial charge in [-0.3, -0.25) is 9.59 Å². The van der Waals surface area contributed by atoms with Crippen LogP contribution >= 0.6 is 23.2 Å². The average Bonchev–Trinajstić information content (AvgIpc) is 3.14. The largest absolute Gasteiger partial charge is 0.497 e. The summed E-state index contributed by atoms with van der Waals surface area (Å²) in [6.07, 6.45) is 1.75. The number of halogens is 2. The number of benzene rings is 2. The van der Waals surface area contributed by atoms with Crippen LogP contribution in [0.4, 0.5) is 5.69 Å². The van der Waals surface area contributed by atoms with Gasteiger partial charge in [-0.25, -0.2) is 0 Å². The van der Waals surface area contributed by atoms with Crippen LogP contribution in [0.5, 0.6) is 5.75 Å². The second-order valence-electron chi connectivity index (χ2n) is 6.54. The number of pyridine rings is 1. The summed E-state index contributed by atoms with van der Waals surface area (Å²) in [6.45, 7) is 0. The molecule has 0 unspecified atom stereocenters. The Morgan fingerprint density at radius 2 is 1.73 bits per heavy atom. The average molecular weight is 439 g/mol. The number of carbonyl (C=O) groups excluding carboxylic acids is 2. The van der Waals surface area contributed by atoms with E-state index < -0.39 is 11.7 Å². The van der Waals surface area contributed by atoms with Crippen molar-refractivity contribution in [3.8, 4) is 16.9 Å². The molecule has 2 aromatic heterocycles. The van der Waals surface area contributed by atoms with Gasteiger partial charge in [0, 0.05) is 22.3 Å². The van der Waals surface area contributed by atoms with Crippen LogP contribution in [0.25, 0.3) is 16.6 Å². The maximum absolute atomic E-state index is 13.2. The first-order valence-electron chi connectivity index (χ1n) is 9.03. The van der Waals surface area contributed by atoms with E-state index in [1.54, 1.807) is 48.0 Å². The third-order valence-electron chi connectivity index (χ3n) is 4.68. The number of methoxy groups -OCH3 is 1. The summed E-state index contributed by atoms with van der Waals surface area (Å²) in [6, 6.07) is 19.4. The third-order valence-corrected chi connectivity index (χ3v) is 5.23. The fourth-order valence-electron chi connectivity index (χ4n) is 3.22. The number of rotatable bonds is 5. The number of amides is 1. The lowest BCUT2D eigenvalue weighted by Gasteiger charge is -2.09. The van der Waals surface area contributed by atoms with Gasteiger partial charge in [-0.05, 0) is 54.1 Å². The first-order valence-corrected chi connectivity index (χ1v) is 9.79. The molecule has 4 aromatic rings. The molecule has 1 amide bonds. The Kier molecular flexibility index (Phi) is 5.48. The van der Waals surface area contributed by atoms with Gasteiger partial charge in [-0.2, -0.15) is 0 Å². The molecule has 0 saturated carbocycles. The highest BCUT2D eigenvalue weighted by Crippen LogP contribution is 2.30. The minimum absolute atomic E-state index is 0.249. The molecule has 4 rings (SSSR count). The second kappa shape index (κ2) is 8.22. The highest BCUT2D eigenvalue weighted by molar-refractivity contribution is 6.48. The molecule has 2 aromatic carbocycles. The van der Waals surface area contributed by atoms with Crippen molar-refractivity contribution in [3.05, 3.63) is 88.7 Å². The third kappa shape index (κ3) is 3.77. The van der Waals surface area contributed by atoms with E-state index in [0.717, 1.165) is 11.1 Å². The fourth-order valence-corrected chi connectivity index (χ4v) is 3.68. The van der Waals surface area contributed by atoms with Gasteiger partial charge in [0.2, 0.25) is 0 Å². The quantitative estimate of drug-likeness (QED) is 0.319. The van der Waals surface area contributed by atoms with Crippen molar-refractivity contribution in [3.63, 3.8) is 0 Å². The molecule has 0 atom stereocenters. The molecule has 0 aliphatic rings. The highest BCUT2D eigenvalue weighted by Gasteiger charge is 2.25. The molecule has 0 saturated heterocycles. The van der Waals surface area contributed by atoms with Crippen LogP contribution in [-0.2, 0) is 4.79 Å². The lowest BCUT2D eigenvalue weighted by molar-refractivity contribution is -0.112. The number of ether oxygens (including phenoxy) is 1. The predicted octanol–water partition coefficient (Wildman–Crippen LogP) is 5.74. The molecule has 0 aliphatic heterocycles. The Morgan fingerprint density at radius 3 is 2.43 bits per heavy atom. The molecule has 0 bridgehead atoms. The van der Waals surface area contributed by atoms with Gasteiger partial charge in [0.1, 0.15) is 11.4 Å². The van der Waals surface area contributed by atoms with Crippen molar-refractivity contribution < 1.29 is 14.3 Å². The maximum atomic E-state index is 13.2. The summed E-state index contributed by atoms with van der Waals surface area (Å²) < 4.78 is 6.91. The van der Waals surface area contributed by atoms with Crippen molar-refractivity contribution in [1.82, 2.24) is 4.40 Å². The van der Waals surface area contributed by atoms with E-state index >= 15 is 0 Å². The number of Topliss-reactive ketones (excluding diaryl/α,β-unsaturated/α-hetero) is 1. The molecular weight excluding hydrogens is 423 g/mol. The van der Waals surface area contributed by atoms with Crippen LogP contribution in [0, 0.1) is 0 Å². The van der Waals surface area contributed by atoms with Crippen LogP contribution in [0.2, 0.25) is 10.0 Å². The van der Waals surface area contributed by atoms with Crippen LogP contribution in [0.1, 0.15) is 10.5 Å². The van der Waals surface area contributed by atoms with E-state index in [1.807, 2.05) is 30.3 Å². The summed E-state index contributed by atoms with van der Waals surface area (Å²) >= 11 is 12.0. The number of hydrogen-bond donors (Lipinski definition) is 1. The Balaban J connectivity index is 1.76. The molecule has 0 fully saturated rings. The van der Waals surface area contributed by atoms with E-state index in [9.17, 15) is 9.59 Å². The van der Waals surface area contributed by atoms with E-state index in [1.165, 1.54) is 6.07 Å². The molecule has 0 aliphatic carbocycles. The maximum Gasteiger partial charge on any atom is 0.298 e. The number of ketones is 1. The minimum Gasteiger partial charge on any atom is -0.497 e. The van der Waals surface area contributed by atoms with Crippen molar-refractivity contribution >= 4 is 46.1 Å². The lowest BCUT2D eigenvalue weighted by atomic mass is 10.0. The Hall–Kier alpha value is -3.28. The zero-order valence-electron chi connectivity index (χ0n) is 15.9. The standard InChI is InChI=1S/C23H16Cl2N2O3/c1-30-17-8-5-14(6-9-17)18-13-16-4-2-3-11-27(16)21(18)22(28)23(29)26-20-10-7-15(24)12-19(20)25/h2-13H,1H3,(H,26,29). The molecular formula is C23H16Cl2N2O3. The topological polar surface area (TPSA) is 59.8 Å². The first-order chi connectivity index (χ1) is 14.5. The molecule has 7 heteroatoms. The lowest BCUT2D eigenvalue weighted by Crippen LogP contribution is -2.24. The molecule has 1 N–H and O–H groups in total. The minimum atomic E-state index is -0.794. The Labute approximate surface area is 182 Å². The zero-order valence-corrected chi connectivity index (χ0v) is 17.4. The van der Waals surface area contributed by atoms with Crippen molar-refractivity contribution in [2.75, 3.05) is 12.4 Å². The van der Waals surface area contributed by atoms with Gasteiger partial charge in [-0.15, -0.1) is 0 Å². The number of hydrogen-bond acceptors (Lipinski definition) is 3. The van der Waals surface area contributed by atoms with Gasteiger partial charge in [0.25, 0.3) is 11.7 Å². The monoisotopic (exact) mass is 438 g/mol.